The molecule has 34 heavy (non-hydrogen) atoms. The summed E-state index contributed by atoms with van der Waals surface area (Å²) in [6.07, 6.45) is -2.94. The Kier molecular flexibility index (Phi) is 6.92. The highest BCUT2D eigenvalue weighted by molar-refractivity contribution is 7.99. The first kappa shape index (κ1) is 23.4. The Morgan fingerprint density at radius 2 is 1.94 bits per heavy atom. The van der Waals surface area contributed by atoms with Gasteiger partial charge in [-0.15, -0.1) is 10.2 Å². The molecule has 0 aliphatic heterocycles. The number of alkyl halides is 3. The van der Waals surface area contributed by atoms with Crippen molar-refractivity contribution < 1.29 is 27.1 Å². The maximum Gasteiger partial charge on any atom is 0.416 e. The zero-order chi connectivity index (χ0) is 24.1. The number of ether oxygens (including phenoxy) is 1. The van der Waals surface area contributed by atoms with Crippen molar-refractivity contribution in [2.24, 2.45) is 0 Å². The molecule has 2 aromatic carbocycles. The summed E-state index contributed by atoms with van der Waals surface area (Å²) in [6, 6.07) is 15.4. The Labute approximate surface area is 196 Å². The molecule has 176 valence electrons. The van der Waals surface area contributed by atoms with Crippen molar-refractivity contribution in [1.82, 2.24) is 14.8 Å². The Hall–Kier alpha value is -3.73. The number of furan rings is 1. The summed E-state index contributed by atoms with van der Waals surface area (Å²) in [4.78, 5) is 12.4. The molecule has 0 unspecified atom stereocenters. The van der Waals surface area contributed by atoms with Crippen molar-refractivity contribution in [2.75, 3.05) is 18.2 Å². The van der Waals surface area contributed by atoms with E-state index in [1.165, 1.54) is 12.1 Å². The Bertz CT molecular complexity index is 1270. The molecule has 4 aromatic rings. The fourth-order valence-corrected chi connectivity index (χ4v) is 3.91. The summed E-state index contributed by atoms with van der Waals surface area (Å²) in [5.74, 6) is 1.32. The van der Waals surface area contributed by atoms with Crippen LogP contribution < -0.4 is 10.1 Å². The van der Waals surface area contributed by atoms with E-state index in [9.17, 15) is 18.0 Å². The number of hydrogen-bond donors (Lipinski definition) is 1. The first-order valence-corrected chi connectivity index (χ1v) is 11.0. The van der Waals surface area contributed by atoms with Gasteiger partial charge in [-0.25, -0.2) is 0 Å². The third-order valence-electron chi connectivity index (χ3n) is 4.74. The van der Waals surface area contributed by atoms with Crippen molar-refractivity contribution in [3.63, 3.8) is 0 Å². The Balaban J connectivity index is 1.52. The number of methoxy groups -OCH3 is 1. The standard InChI is InChI=1S/C23H19F3N4O3S/c1-32-18-8-2-5-15(11-18)21-28-29-22(30(21)13-19-9-4-10-33-19)34-14-20(31)27-17-7-3-6-16(12-17)23(24,25)26/h2-12H,13-14H2,1H3,(H,27,31). The van der Waals surface area contributed by atoms with Crippen LogP contribution in [0.4, 0.5) is 18.9 Å². The molecule has 0 saturated heterocycles. The molecule has 11 heteroatoms. The van der Waals surface area contributed by atoms with E-state index in [1.807, 2.05) is 30.3 Å². The van der Waals surface area contributed by atoms with E-state index in [0.29, 0.717) is 29.0 Å². The van der Waals surface area contributed by atoms with Crippen LogP contribution in [0.1, 0.15) is 11.3 Å². The smallest absolute Gasteiger partial charge is 0.416 e. The number of hydrogen-bond acceptors (Lipinski definition) is 6. The topological polar surface area (TPSA) is 82.2 Å². The zero-order valence-electron chi connectivity index (χ0n) is 17.9. The molecule has 0 atom stereocenters. The SMILES string of the molecule is COc1cccc(-c2nnc(SCC(=O)Nc3cccc(C(F)(F)F)c3)n2Cc2ccco2)c1. The van der Waals surface area contributed by atoms with Gasteiger partial charge in [-0.2, -0.15) is 13.2 Å². The number of halogens is 3. The van der Waals surface area contributed by atoms with Crippen molar-refractivity contribution in [1.29, 1.82) is 0 Å². The van der Waals surface area contributed by atoms with Crippen LogP contribution in [-0.2, 0) is 17.5 Å². The van der Waals surface area contributed by atoms with Crippen LogP contribution in [0.15, 0.2) is 76.5 Å². The molecule has 0 radical (unpaired) electrons. The third kappa shape index (κ3) is 5.60. The summed E-state index contributed by atoms with van der Waals surface area (Å²) < 4.78 is 51.3. The van der Waals surface area contributed by atoms with Crippen molar-refractivity contribution >= 4 is 23.4 Å². The van der Waals surface area contributed by atoms with Crippen LogP contribution in [0.5, 0.6) is 5.75 Å². The number of carbonyl (C=O) groups is 1. The fourth-order valence-electron chi connectivity index (χ4n) is 3.17. The number of aromatic nitrogens is 3. The molecule has 4 rings (SSSR count). The lowest BCUT2D eigenvalue weighted by molar-refractivity contribution is -0.137. The van der Waals surface area contributed by atoms with Gasteiger partial charge in [0.1, 0.15) is 11.5 Å². The van der Waals surface area contributed by atoms with E-state index < -0.39 is 17.6 Å². The van der Waals surface area contributed by atoms with Crippen LogP contribution >= 0.6 is 11.8 Å². The van der Waals surface area contributed by atoms with Crippen LogP contribution in [0, 0.1) is 0 Å². The van der Waals surface area contributed by atoms with Gasteiger partial charge in [0.05, 0.1) is 31.2 Å². The minimum atomic E-state index is -4.49. The highest BCUT2D eigenvalue weighted by atomic mass is 32.2. The van der Waals surface area contributed by atoms with Gasteiger partial charge < -0.3 is 14.5 Å². The van der Waals surface area contributed by atoms with Crippen molar-refractivity contribution in [3.8, 4) is 17.1 Å². The van der Waals surface area contributed by atoms with Gasteiger partial charge in [-0.1, -0.05) is 30.0 Å². The summed E-state index contributed by atoms with van der Waals surface area (Å²) in [6.45, 7) is 0.324. The third-order valence-corrected chi connectivity index (χ3v) is 5.71. The monoisotopic (exact) mass is 488 g/mol. The molecule has 0 saturated carbocycles. The van der Waals surface area contributed by atoms with E-state index in [-0.39, 0.29) is 11.4 Å². The molecule has 0 spiro atoms. The Morgan fingerprint density at radius 3 is 2.68 bits per heavy atom. The summed E-state index contributed by atoms with van der Waals surface area (Å²) in [5, 5.41) is 11.4. The molecule has 7 nitrogen and oxygen atoms in total. The van der Waals surface area contributed by atoms with Gasteiger partial charge in [0, 0.05) is 11.3 Å². The quantitative estimate of drug-likeness (QED) is 0.337. The molecular formula is C23H19F3N4O3S. The molecule has 1 N–H and O–H groups in total. The largest absolute Gasteiger partial charge is 0.497 e. The van der Waals surface area contributed by atoms with Gasteiger partial charge in [0.2, 0.25) is 5.91 Å². The minimum absolute atomic E-state index is 0.0644. The predicted molar refractivity (Wildman–Crippen MR) is 121 cm³/mol. The maximum absolute atomic E-state index is 12.9. The van der Waals surface area contributed by atoms with Gasteiger partial charge in [-0.3, -0.25) is 9.36 Å². The van der Waals surface area contributed by atoms with Crippen molar-refractivity contribution in [2.45, 2.75) is 17.9 Å². The van der Waals surface area contributed by atoms with Gasteiger partial charge in [0.25, 0.3) is 0 Å². The molecule has 0 fully saturated rings. The lowest BCUT2D eigenvalue weighted by Gasteiger charge is -2.11. The number of nitrogens with zero attached hydrogens (tertiary/aromatic N) is 3. The lowest BCUT2D eigenvalue weighted by Crippen LogP contribution is -2.15. The average Bonchev–Trinajstić information content (AvgIpc) is 3.48. The van der Waals surface area contributed by atoms with E-state index in [0.717, 1.165) is 29.5 Å². The number of thioether (sulfide) groups is 1. The fraction of sp³-hybridized carbons (Fsp3) is 0.174. The summed E-state index contributed by atoms with van der Waals surface area (Å²) in [5.41, 5.74) is -0.00713. The minimum Gasteiger partial charge on any atom is -0.497 e. The zero-order valence-corrected chi connectivity index (χ0v) is 18.7. The number of carbonyl (C=O) groups excluding carboxylic acids is 1. The van der Waals surface area contributed by atoms with Crippen LogP contribution in [0.25, 0.3) is 11.4 Å². The maximum atomic E-state index is 12.9. The van der Waals surface area contributed by atoms with Crippen LogP contribution in [0.3, 0.4) is 0 Å². The molecule has 0 bridgehead atoms. The van der Waals surface area contributed by atoms with E-state index in [2.05, 4.69) is 15.5 Å². The predicted octanol–water partition coefficient (Wildman–Crippen LogP) is 5.34. The lowest BCUT2D eigenvalue weighted by atomic mass is 10.2. The van der Waals surface area contributed by atoms with Crippen LogP contribution in [0.2, 0.25) is 0 Å². The summed E-state index contributed by atoms with van der Waals surface area (Å²) in [7, 11) is 1.57. The number of anilines is 1. The normalized spacial score (nSPS) is 11.4. The highest BCUT2D eigenvalue weighted by Crippen LogP contribution is 2.31. The second-order valence-electron chi connectivity index (χ2n) is 7.12. The average molecular weight is 488 g/mol. The molecule has 0 aliphatic carbocycles. The molecular weight excluding hydrogens is 469 g/mol. The molecule has 2 heterocycles. The second kappa shape index (κ2) is 10.0. The van der Waals surface area contributed by atoms with Crippen molar-refractivity contribution in [3.05, 3.63) is 78.3 Å². The number of amides is 1. The van der Waals surface area contributed by atoms with E-state index in [4.69, 9.17) is 9.15 Å². The number of rotatable bonds is 8. The number of benzene rings is 2. The second-order valence-corrected chi connectivity index (χ2v) is 8.06. The first-order valence-electron chi connectivity index (χ1n) is 10.0. The molecule has 2 aromatic heterocycles. The van der Waals surface area contributed by atoms with E-state index >= 15 is 0 Å². The number of nitrogens with one attached hydrogen (secondary N) is 1. The first-order chi connectivity index (χ1) is 16.3. The van der Waals surface area contributed by atoms with Gasteiger partial charge >= 0.3 is 6.18 Å². The molecule has 0 aliphatic rings. The van der Waals surface area contributed by atoms with Crippen LogP contribution in [-0.4, -0.2) is 33.5 Å². The Morgan fingerprint density at radius 1 is 1.12 bits per heavy atom. The molecule has 1 amide bonds. The van der Waals surface area contributed by atoms with Gasteiger partial charge in [-0.05, 0) is 42.5 Å². The van der Waals surface area contributed by atoms with Gasteiger partial charge in [0.15, 0.2) is 11.0 Å². The van der Waals surface area contributed by atoms with E-state index in [1.54, 1.807) is 24.0 Å². The summed E-state index contributed by atoms with van der Waals surface area (Å²) >= 11 is 1.11. The highest BCUT2D eigenvalue weighted by Gasteiger charge is 2.30.